The molecule has 124 valence electrons. The van der Waals surface area contributed by atoms with Crippen LogP contribution in [0.15, 0.2) is 24.3 Å². The van der Waals surface area contributed by atoms with Gasteiger partial charge in [-0.3, -0.25) is 4.79 Å². The maximum absolute atomic E-state index is 11.7. The van der Waals surface area contributed by atoms with Gasteiger partial charge in [0, 0.05) is 6.54 Å². The number of hydrogen-bond donors (Lipinski definition) is 1. The van der Waals surface area contributed by atoms with Crippen LogP contribution in [0.1, 0.15) is 38.7 Å². The topological polar surface area (TPSA) is 41.6 Å². The second-order valence-corrected chi connectivity index (χ2v) is 5.50. The number of carbonyl (C=O) groups is 1. The Hall–Kier alpha value is -1.55. The van der Waals surface area contributed by atoms with E-state index in [2.05, 4.69) is 24.1 Å². The van der Waals surface area contributed by atoms with Crippen LogP contribution in [0.2, 0.25) is 0 Å². The van der Waals surface area contributed by atoms with Gasteiger partial charge in [0.1, 0.15) is 5.75 Å². The fourth-order valence-corrected chi connectivity index (χ4v) is 2.21. The molecule has 1 rings (SSSR count). The number of benzene rings is 1. The number of hydrogen-bond acceptors (Lipinski definition) is 3. The molecule has 0 fully saturated rings. The van der Waals surface area contributed by atoms with Gasteiger partial charge < -0.3 is 15.0 Å². The molecule has 1 aromatic rings. The Morgan fingerprint density at radius 2 is 1.82 bits per heavy atom. The van der Waals surface area contributed by atoms with E-state index < -0.39 is 0 Å². The van der Waals surface area contributed by atoms with Crippen LogP contribution >= 0.6 is 0 Å². The highest BCUT2D eigenvalue weighted by atomic mass is 16.5. The van der Waals surface area contributed by atoms with Crippen LogP contribution in [0.4, 0.5) is 0 Å². The van der Waals surface area contributed by atoms with E-state index in [1.807, 2.05) is 31.2 Å². The highest BCUT2D eigenvalue weighted by Crippen LogP contribution is 2.11. The Labute approximate surface area is 134 Å². The zero-order valence-corrected chi connectivity index (χ0v) is 14.2. The molecule has 0 unspecified atom stereocenters. The van der Waals surface area contributed by atoms with Gasteiger partial charge in [0.05, 0.1) is 13.0 Å². The van der Waals surface area contributed by atoms with Crippen molar-refractivity contribution < 1.29 is 9.53 Å². The van der Waals surface area contributed by atoms with Crippen LogP contribution in [-0.2, 0) is 4.79 Å². The first-order chi connectivity index (χ1) is 10.7. The summed E-state index contributed by atoms with van der Waals surface area (Å²) in [5, 5.41) is 2.95. The van der Waals surface area contributed by atoms with Crippen molar-refractivity contribution in [2.75, 3.05) is 32.8 Å². The zero-order chi connectivity index (χ0) is 16.2. The van der Waals surface area contributed by atoms with Crippen LogP contribution < -0.4 is 10.1 Å². The van der Waals surface area contributed by atoms with Crippen LogP contribution in [-0.4, -0.2) is 43.6 Å². The summed E-state index contributed by atoms with van der Waals surface area (Å²) in [7, 11) is 0. The number of ether oxygens (including phenoxy) is 1. The first-order valence-electron chi connectivity index (χ1n) is 8.34. The second-order valence-electron chi connectivity index (χ2n) is 5.50. The molecule has 1 amide bonds. The summed E-state index contributed by atoms with van der Waals surface area (Å²) in [6.07, 6.45) is 2.56. The summed E-state index contributed by atoms with van der Waals surface area (Å²) in [4.78, 5) is 14.1. The molecule has 0 saturated carbocycles. The van der Waals surface area contributed by atoms with Crippen molar-refractivity contribution >= 4 is 5.91 Å². The predicted molar refractivity (Wildman–Crippen MR) is 91.3 cm³/mol. The fraction of sp³-hybridized carbons (Fsp3) is 0.611. The molecule has 0 saturated heterocycles. The van der Waals surface area contributed by atoms with E-state index in [0.29, 0.717) is 13.0 Å². The molecular weight excluding hydrogens is 276 g/mol. The monoisotopic (exact) mass is 306 g/mol. The van der Waals surface area contributed by atoms with E-state index in [1.54, 1.807) is 0 Å². The van der Waals surface area contributed by atoms with Crippen LogP contribution in [0.5, 0.6) is 5.75 Å². The summed E-state index contributed by atoms with van der Waals surface area (Å²) in [5.74, 6) is 0.882. The highest BCUT2D eigenvalue weighted by Gasteiger charge is 2.02. The van der Waals surface area contributed by atoms with Gasteiger partial charge in [-0.15, -0.1) is 0 Å². The third-order valence-corrected chi connectivity index (χ3v) is 3.74. The largest absolute Gasteiger partial charge is 0.493 e. The molecule has 0 aliphatic rings. The van der Waals surface area contributed by atoms with Gasteiger partial charge in [-0.05, 0) is 51.5 Å². The average molecular weight is 306 g/mol. The van der Waals surface area contributed by atoms with E-state index in [0.717, 1.165) is 44.8 Å². The van der Waals surface area contributed by atoms with Crippen molar-refractivity contribution in [1.82, 2.24) is 10.2 Å². The van der Waals surface area contributed by atoms with Crippen molar-refractivity contribution in [3.8, 4) is 5.75 Å². The quantitative estimate of drug-likeness (QED) is 0.639. The number of nitrogens with zero attached hydrogens (tertiary/aromatic N) is 1. The number of nitrogens with one attached hydrogen (secondary N) is 1. The minimum absolute atomic E-state index is 0.0648. The van der Waals surface area contributed by atoms with Crippen molar-refractivity contribution in [3.63, 3.8) is 0 Å². The molecule has 0 spiro atoms. The molecule has 1 aromatic carbocycles. The highest BCUT2D eigenvalue weighted by molar-refractivity contribution is 5.75. The van der Waals surface area contributed by atoms with Crippen LogP contribution in [0.25, 0.3) is 0 Å². The average Bonchev–Trinajstić information content (AvgIpc) is 2.53. The normalized spacial score (nSPS) is 10.7. The van der Waals surface area contributed by atoms with Crippen molar-refractivity contribution in [3.05, 3.63) is 29.8 Å². The Morgan fingerprint density at radius 1 is 1.14 bits per heavy atom. The van der Waals surface area contributed by atoms with Crippen LogP contribution in [0.3, 0.4) is 0 Å². The molecule has 4 heteroatoms. The lowest BCUT2D eigenvalue weighted by atomic mass is 10.2. The minimum atomic E-state index is 0.0648. The first kappa shape index (κ1) is 18.5. The van der Waals surface area contributed by atoms with Crippen LogP contribution in [0, 0.1) is 6.92 Å². The number of amides is 1. The van der Waals surface area contributed by atoms with Crippen molar-refractivity contribution in [1.29, 1.82) is 0 Å². The van der Waals surface area contributed by atoms with Crippen molar-refractivity contribution in [2.24, 2.45) is 0 Å². The molecule has 0 aromatic heterocycles. The molecular formula is C18H30N2O2. The summed E-state index contributed by atoms with van der Waals surface area (Å²) in [6.45, 7) is 10.9. The molecule has 1 N–H and O–H groups in total. The molecule has 22 heavy (non-hydrogen) atoms. The maximum Gasteiger partial charge on any atom is 0.223 e. The lowest BCUT2D eigenvalue weighted by Gasteiger charge is -2.17. The van der Waals surface area contributed by atoms with Gasteiger partial charge in [-0.2, -0.15) is 0 Å². The van der Waals surface area contributed by atoms with Crippen molar-refractivity contribution in [2.45, 2.75) is 40.0 Å². The molecule has 0 aliphatic heterocycles. The van der Waals surface area contributed by atoms with Gasteiger partial charge in [-0.1, -0.05) is 31.5 Å². The molecule has 0 heterocycles. The van der Waals surface area contributed by atoms with E-state index in [1.165, 1.54) is 5.56 Å². The Balaban J connectivity index is 2.03. The summed E-state index contributed by atoms with van der Waals surface area (Å²) in [6, 6.07) is 7.87. The number of aryl methyl sites for hydroxylation is 1. The number of carbonyl (C=O) groups excluding carboxylic acids is 1. The van der Waals surface area contributed by atoms with E-state index >= 15 is 0 Å². The Bertz CT molecular complexity index is 414. The Morgan fingerprint density at radius 3 is 2.45 bits per heavy atom. The zero-order valence-electron chi connectivity index (χ0n) is 14.2. The van der Waals surface area contributed by atoms with Gasteiger partial charge >= 0.3 is 0 Å². The molecule has 0 aliphatic carbocycles. The van der Waals surface area contributed by atoms with E-state index in [-0.39, 0.29) is 5.91 Å². The lowest BCUT2D eigenvalue weighted by molar-refractivity contribution is -0.121. The SMILES string of the molecule is CCN(CC)CCCCNC(=O)CCOc1ccc(C)cc1. The van der Waals surface area contributed by atoms with Gasteiger partial charge in [0.25, 0.3) is 0 Å². The number of rotatable bonds is 11. The smallest absolute Gasteiger partial charge is 0.223 e. The summed E-state index contributed by atoms with van der Waals surface area (Å²) >= 11 is 0. The van der Waals surface area contributed by atoms with E-state index in [4.69, 9.17) is 4.74 Å². The molecule has 4 nitrogen and oxygen atoms in total. The third kappa shape index (κ3) is 8.03. The minimum Gasteiger partial charge on any atom is -0.493 e. The standard InChI is InChI=1S/C18H30N2O2/c1-4-20(5-2)14-7-6-13-19-18(21)12-15-22-17-10-8-16(3)9-11-17/h8-11H,4-7,12-15H2,1-3H3,(H,19,21). The Kier molecular flexibility index (Phi) is 9.31. The summed E-state index contributed by atoms with van der Waals surface area (Å²) in [5.41, 5.74) is 1.20. The number of unbranched alkanes of at least 4 members (excludes halogenated alkanes) is 1. The van der Waals surface area contributed by atoms with Gasteiger partial charge in [0.2, 0.25) is 5.91 Å². The van der Waals surface area contributed by atoms with E-state index in [9.17, 15) is 4.79 Å². The third-order valence-electron chi connectivity index (χ3n) is 3.74. The van der Waals surface area contributed by atoms with Gasteiger partial charge in [0.15, 0.2) is 0 Å². The predicted octanol–water partition coefficient (Wildman–Crippen LogP) is 3.00. The molecule has 0 radical (unpaired) electrons. The second kappa shape index (κ2) is 11.1. The lowest BCUT2D eigenvalue weighted by Crippen LogP contribution is -2.28. The molecule has 0 atom stereocenters. The summed E-state index contributed by atoms with van der Waals surface area (Å²) < 4.78 is 5.55. The fourth-order valence-electron chi connectivity index (χ4n) is 2.21. The maximum atomic E-state index is 11.7. The molecule has 0 bridgehead atoms. The van der Waals surface area contributed by atoms with Gasteiger partial charge in [-0.25, -0.2) is 0 Å². The first-order valence-corrected chi connectivity index (χ1v) is 8.34.